The normalized spacial score (nSPS) is 12.8. The maximum atomic E-state index is 13.2. The summed E-state index contributed by atoms with van der Waals surface area (Å²) in [5, 5.41) is 2.97. The average molecular weight is 353 g/mol. The molecule has 0 aliphatic carbocycles. The lowest BCUT2D eigenvalue weighted by Gasteiger charge is -2.21. The second kappa shape index (κ2) is 10.0. The Labute approximate surface area is 147 Å². The number of ether oxygens (including phenoxy) is 1. The number of carbonyl (C=O) groups excluding carboxylic acids is 1. The summed E-state index contributed by atoms with van der Waals surface area (Å²) in [4.78, 5) is 12.3. The van der Waals surface area contributed by atoms with Crippen molar-refractivity contribution < 1.29 is 13.9 Å². The largest absolute Gasteiger partial charge is 0.380 e. The van der Waals surface area contributed by atoms with Gasteiger partial charge in [-0.25, -0.2) is 4.39 Å². The van der Waals surface area contributed by atoms with Gasteiger partial charge in [-0.3, -0.25) is 4.79 Å². The summed E-state index contributed by atoms with van der Waals surface area (Å²) in [5.74, 6) is -0.477. The fourth-order valence-corrected chi connectivity index (χ4v) is 2.35. The van der Waals surface area contributed by atoms with Crippen molar-refractivity contribution in [2.45, 2.75) is 18.6 Å². The zero-order valence-corrected chi connectivity index (χ0v) is 14.3. The third-order valence-electron chi connectivity index (χ3n) is 3.65. The molecule has 2 unspecified atom stereocenters. The standard InChI is InChI=1S/C18H21FN2O2.ClH/c1-23-16(12-20)11-17(22)21-18(13-5-3-2-4-6-13)14-7-9-15(19)10-8-14;/h2-10,16,18H,11-12,20H2,1H3,(H,21,22);1H. The fraction of sp³-hybridized carbons (Fsp3) is 0.278. The molecule has 130 valence electrons. The monoisotopic (exact) mass is 352 g/mol. The van der Waals surface area contributed by atoms with Crippen LogP contribution in [0.5, 0.6) is 0 Å². The van der Waals surface area contributed by atoms with Crippen LogP contribution in [0.15, 0.2) is 54.6 Å². The minimum Gasteiger partial charge on any atom is -0.380 e. The third-order valence-corrected chi connectivity index (χ3v) is 3.65. The van der Waals surface area contributed by atoms with Crippen LogP contribution in [0, 0.1) is 5.82 Å². The van der Waals surface area contributed by atoms with E-state index >= 15 is 0 Å². The van der Waals surface area contributed by atoms with Gasteiger partial charge < -0.3 is 15.8 Å². The molecule has 0 aliphatic rings. The van der Waals surface area contributed by atoms with Crippen molar-refractivity contribution in [3.63, 3.8) is 0 Å². The number of carbonyl (C=O) groups is 1. The molecule has 2 aromatic rings. The van der Waals surface area contributed by atoms with Gasteiger partial charge in [0, 0.05) is 13.7 Å². The summed E-state index contributed by atoms with van der Waals surface area (Å²) in [7, 11) is 1.53. The van der Waals surface area contributed by atoms with E-state index in [0.29, 0.717) is 0 Å². The molecule has 2 atom stereocenters. The number of methoxy groups -OCH3 is 1. The van der Waals surface area contributed by atoms with Crippen LogP contribution in [-0.4, -0.2) is 25.7 Å². The summed E-state index contributed by atoms with van der Waals surface area (Å²) < 4.78 is 18.3. The quantitative estimate of drug-likeness (QED) is 0.805. The summed E-state index contributed by atoms with van der Waals surface area (Å²) in [6.07, 6.45) is -0.142. The smallest absolute Gasteiger partial charge is 0.223 e. The highest BCUT2D eigenvalue weighted by molar-refractivity contribution is 5.85. The first-order valence-electron chi connectivity index (χ1n) is 7.46. The van der Waals surface area contributed by atoms with Gasteiger partial charge in [-0.15, -0.1) is 12.4 Å². The summed E-state index contributed by atoms with van der Waals surface area (Å²) in [5.41, 5.74) is 7.29. The van der Waals surface area contributed by atoms with Crippen molar-refractivity contribution in [1.82, 2.24) is 5.32 Å². The van der Waals surface area contributed by atoms with Crippen LogP contribution in [0.3, 0.4) is 0 Å². The highest BCUT2D eigenvalue weighted by Gasteiger charge is 2.19. The highest BCUT2D eigenvalue weighted by Crippen LogP contribution is 2.22. The maximum Gasteiger partial charge on any atom is 0.223 e. The molecule has 6 heteroatoms. The van der Waals surface area contributed by atoms with Crippen molar-refractivity contribution in [2.75, 3.05) is 13.7 Å². The van der Waals surface area contributed by atoms with Crippen LogP contribution in [0.25, 0.3) is 0 Å². The van der Waals surface area contributed by atoms with Gasteiger partial charge in [0.2, 0.25) is 5.91 Å². The van der Waals surface area contributed by atoms with Gasteiger partial charge >= 0.3 is 0 Å². The number of benzene rings is 2. The minimum absolute atomic E-state index is 0. The van der Waals surface area contributed by atoms with Gasteiger partial charge in [0.1, 0.15) is 5.82 Å². The number of rotatable bonds is 7. The van der Waals surface area contributed by atoms with E-state index in [4.69, 9.17) is 10.5 Å². The lowest BCUT2D eigenvalue weighted by Crippen LogP contribution is -2.34. The minimum atomic E-state index is -0.348. The summed E-state index contributed by atoms with van der Waals surface area (Å²) in [6, 6.07) is 15.3. The van der Waals surface area contributed by atoms with Gasteiger partial charge in [-0.05, 0) is 23.3 Å². The van der Waals surface area contributed by atoms with Crippen LogP contribution in [0.2, 0.25) is 0 Å². The molecule has 2 aromatic carbocycles. The van der Waals surface area contributed by atoms with Crippen LogP contribution in [0.1, 0.15) is 23.6 Å². The first-order valence-corrected chi connectivity index (χ1v) is 7.46. The van der Waals surface area contributed by atoms with Crippen LogP contribution in [0.4, 0.5) is 4.39 Å². The van der Waals surface area contributed by atoms with Gasteiger partial charge in [0.25, 0.3) is 0 Å². The Balaban J connectivity index is 0.00000288. The van der Waals surface area contributed by atoms with E-state index in [0.717, 1.165) is 11.1 Å². The Hall–Kier alpha value is -1.95. The van der Waals surface area contributed by atoms with Crippen molar-refractivity contribution in [1.29, 1.82) is 0 Å². The van der Waals surface area contributed by atoms with Crippen molar-refractivity contribution in [2.24, 2.45) is 5.73 Å². The molecule has 4 nitrogen and oxygen atoms in total. The Bertz CT molecular complexity index is 619. The van der Waals surface area contributed by atoms with E-state index in [1.807, 2.05) is 30.3 Å². The Morgan fingerprint density at radius 3 is 2.25 bits per heavy atom. The second-order valence-electron chi connectivity index (χ2n) is 5.26. The molecule has 0 spiro atoms. The molecule has 0 saturated carbocycles. The van der Waals surface area contributed by atoms with E-state index in [9.17, 15) is 9.18 Å². The number of nitrogens with one attached hydrogen (secondary N) is 1. The number of amides is 1. The predicted octanol–water partition coefficient (Wildman–Crippen LogP) is 2.82. The van der Waals surface area contributed by atoms with Gasteiger partial charge in [-0.2, -0.15) is 0 Å². The number of halogens is 2. The second-order valence-corrected chi connectivity index (χ2v) is 5.26. The third kappa shape index (κ3) is 5.60. The summed E-state index contributed by atoms with van der Waals surface area (Å²) in [6.45, 7) is 0.274. The molecule has 0 saturated heterocycles. The molecule has 0 radical (unpaired) electrons. The lowest BCUT2D eigenvalue weighted by molar-refractivity contribution is -0.123. The SMILES string of the molecule is COC(CN)CC(=O)NC(c1ccccc1)c1ccc(F)cc1.Cl. The van der Waals surface area contributed by atoms with Crippen LogP contribution < -0.4 is 11.1 Å². The van der Waals surface area contributed by atoms with E-state index in [-0.39, 0.29) is 49.2 Å². The molecular weight excluding hydrogens is 331 g/mol. The molecule has 0 aliphatic heterocycles. The van der Waals surface area contributed by atoms with Crippen LogP contribution >= 0.6 is 12.4 Å². The van der Waals surface area contributed by atoms with E-state index in [1.165, 1.54) is 19.2 Å². The number of hydrogen-bond acceptors (Lipinski definition) is 3. The maximum absolute atomic E-state index is 13.2. The van der Waals surface area contributed by atoms with Gasteiger partial charge in [0.05, 0.1) is 18.6 Å². The van der Waals surface area contributed by atoms with E-state index in [2.05, 4.69) is 5.32 Å². The molecule has 24 heavy (non-hydrogen) atoms. The Morgan fingerprint density at radius 1 is 1.12 bits per heavy atom. The molecule has 0 heterocycles. The average Bonchev–Trinajstić information content (AvgIpc) is 2.59. The molecule has 2 rings (SSSR count). The molecule has 1 amide bonds. The Kier molecular flexibility index (Phi) is 8.40. The molecular formula is C18H22ClFN2O2. The summed E-state index contributed by atoms with van der Waals surface area (Å²) >= 11 is 0. The van der Waals surface area contributed by atoms with Crippen LogP contribution in [-0.2, 0) is 9.53 Å². The first kappa shape index (κ1) is 20.1. The number of hydrogen-bond donors (Lipinski definition) is 2. The zero-order valence-electron chi connectivity index (χ0n) is 13.4. The molecule has 0 aromatic heterocycles. The molecule has 3 N–H and O–H groups in total. The fourth-order valence-electron chi connectivity index (χ4n) is 2.35. The topological polar surface area (TPSA) is 64.3 Å². The van der Waals surface area contributed by atoms with Crippen molar-refractivity contribution >= 4 is 18.3 Å². The van der Waals surface area contributed by atoms with Crippen molar-refractivity contribution in [3.05, 3.63) is 71.5 Å². The highest BCUT2D eigenvalue weighted by atomic mass is 35.5. The Morgan fingerprint density at radius 2 is 1.71 bits per heavy atom. The predicted molar refractivity (Wildman–Crippen MR) is 94.5 cm³/mol. The molecule has 0 bridgehead atoms. The first-order chi connectivity index (χ1) is 11.1. The van der Waals surface area contributed by atoms with Gasteiger partial charge in [0.15, 0.2) is 0 Å². The number of nitrogens with two attached hydrogens (primary N) is 1. The van der Waals surface area contributed by atoms with E-state index < -0.39 is 0 Å². The van der Waals surface area contributed by atoms with Gasteiger partial charge in [-0.1, -0.05) is 42.5 Å². The lowest BCUT2D eigenvalue weighted by atomic mass is 9.98. The molecule has 0 fully saturated rings. The van der Waals surface area contributed by atoms with Crippen molar-refractivity contribution in [3.8, 4) is 0 Å². The van der Waals surface area contributed by atoms with E-state index in [1.54, 1.807) is 12.1 Å². The zero-order chi connectivity index (χ0) is 16.7.